The Labute approximate surface area is 207 Å². The second kappa shape index (κ2) is 9.08. The lowest BCUT2D eigenvalue weighted by Gasteiger charge is -2.28. The molecular formula is C26H24BrN5S. The molecule has 0 bridgehead atoms. The smallest absolute Gasteiger partial charge is 0.170 e. The van der Waals surface area contributed by atoms with Gasteiger partial charge in [-0.25, -0.2) is 0 Å². The van der Waals surface area contributed by atoms with Gasteiger partial charge < -0.3 is 14.8 Å². The molecule has 0 saturated carbocycles. The van der Waals surface area contributed by atoms with Crippen molar-refractivity contribution < 1.29 is 0 Å². The molecule has 166 valence electrons. The molecule has 5 nitrogen and oxygen atoms in total. The SMILES string of the molecule is Cc1cc([C@H]2[C@@H](c3ccccn3)NC(=S)N2Cc2ccccn2)c(C)n1-c1ccccc1Br. The summed E-state index contributed by atoms with van der Waals surface area (Å²) in [6.45, 7) is 4.95. The van der Waals surface area contributed by atoms with Crippen LogP contribution in [0.3, 0.4) is 0 Å². The van der Waals surface area contributed by atoms with Crippen LogP contribution < -0.4 is 5.32 Å². The van der Waals surface area contributed by atoms with E-state index in [0.717, 1.165) is 21.5 Å². The Balaban J connectivity index is 1.63. The maximum absolute atomic E-state index is 5.84. The molecule has 4 heterocycles. The fourth-order valence-electron chi connectivity index (χ4n) is 4.67. The van der Waals surface area contributed by atoms with Gasteiger partial charge in [0.2, 0.25) is 0 Å². The number of nitrogens with one attached hydrogen (secondary N) is 1. The number of hydrogen-bond donors (Lipinski definition) is 1. The van der Waals surface area contributed by atoms with Gasteiger partial charge in [-0.1, -0.05) is 24.3 Å². The van der Waals surface area contributed by atoms with Gasteiger partial charge in [0.15, 0.2) is 5.11 Å². The van der Waals surface area contributed by atoms with Crippen molar-refractivity contribution in [3.05, 3.63) is 112 Å². The molecule has 1 aromatic carbocycles. The zero-order valence-corrected chi connectivity index (χ0v) is 20.8. The number of rotatable bonds is 5. The van der Waals surface area contributed by atoms with E-state index in [4.69, 9.17) is 12.2 Å². The molecule has 3 aromatic heterocycles. The Hall–Kier alpha value is -3.03. The van der Waals surface area contributed by atoms with E-state index in [9.17, 15) is 0 Å². The van der Waals surface area contributed by atoms with Crippen LogP contribution in [0.2, 0.25) is 0 Å². The number of pyridine rings is 2. The average molecular weight is 518 g/mol. The summed E-state index contributed by atoms with van der Waals surface area (Å²) in [7, 11) is 0. The van der Waals surface area contributed by atoms with E-state index in [0.29, 0.717) is 11.7 Å². The Bertz CT molecular complexity index is 1290. The van der Waals surface area contributed by atoms with Crippen molar-refractivity contribution >= 4 is 33.3 Å². The van der Waals surface area contributed by atoms with Crippen LogP contribution >= 0.6 is 28.1 Å². The highest BCUT2D eigenvalue weighted by molar-refractivity contribution is 9.10. The second-order valence-corrected chi connectivity index (χ2v) is 9.43. The standard InChI is InChI=1S/C26H24BrN5S/c1-17-15-20(18(2)32(17)23-12-4-3-10-21(23)27)25-24(22-11-6-8-14-29-22)30-26(33)31(25)16-19-9-5-7-13-28-19/h3-15,24-25H,16H2,1-2H3,(H,30,33)/t24-,25+/m1/s1. The second-order valence-electron chi connectivity index (χ2n) is 8.19. The molecule has 0 unspecified atom stereocenters. The molecule has 1 saturated heterocycles. The molecule has 0 amide bonds. The molecule has 0 aliphatic carbocycles. The van der Waals surface area contributed by atoms with E-state index in [1.807, 2.05) is 48.8 Å². The lowest BCUT2D eigenvalue weighted by atomic mass is 9.96. The van der Waals surface area contributed by atoms with E-state index < -0.39 is 0 Å². The first kappa shape index (κ1) is 21.8. The predicted octanol–water partition coefficient (Wildman–Crippen LogP) is 5.82. The van der Waals surface area contributed by atoms with Crippen LogP contribution in [0.5, 0.6) is 0 Å². The number of hydrogen-bond acceptors (Lipinski definition) is 3. The van der Waals surface area contributed by atoms with Crippen LogP contribution in [0.25, 0.3) is 5.69 Å². The zero-order valence-electron chi connectivity index (χ0n) is 18.4. The van der Waals surface area contributed by atoms with Crippen LogP contribution in [0.1, 0.15) is 40.4 Å². The minimum absolute atomic E-state index is 0.0168. The van der Waals surface area contributed by atoms with Gasteiger partial charge in [0.25, 0.3) is 0 Å². The summed E-state index contributed by atoms with van der Waals surface area (Å²) in [5, 5.41) is 4.26. The maximum atomic E-state index is 5.84. The molecule has 1 N–H and O–H groups in total. The molecule has 0 spiro atoms. The summed E-state index contributed by atoms with van der Waals surface area (Å²) in [4.78, 5) is 11.5. The van der Waals surface area contributed by atoms with Crippen LogP contribution in [-0.2, 0) is 6.54 Å². The lowest BCUT2D eigenvalue weighted by Crippen LogP contribution is -2.29. The van der Waals surface area contributed by atoms with Crippen molar-refractivity contribution in [3.8, 4) is 5.69 Å². The minimum Gasteiger partial charge on any atom is -0.352 e. The highest BCUT2D eigenvalue weighted by Gasteiger charge is 2.41. The number of halogens is 1. The van der Waals surface area contributed by atoms with Gasteiger partial charge in [0, 0.05) is 28.3 Å². The molecule has 33 heavy (non-hydrogen) atoms. The molecule has 1 fully saturated rings. The average Bonchev–Trinajstić information content (AvgIpc) is 3.30. The first-order valence-electron chi connectivity index (χ1n) is 10.9. The molecule has 0 radical (unpaired) electrons. The van der Waals surface area contributed by atoms with E-state index in [1.54, 1.807) is 0 Å². The van der Waals surface area contributed by atoms with Crippen molar-refractivity contribution in [2.75, 3.05) is 0 Å². The maximum Gasteiger partial charge on any atom is 0.170 e. The molecule has 1 aliphatic heterocycles. The first-order valence-corrected chi connectivity index (χ1v) is 12.1. The van der Waals surface area contributed by atoms with E-state index in [2.05, 4.69) is 84.9 Å². The third-order valence-electron chi connectivity index (χ3n) is 6.14. The van der Waals surface area contributed by atoms with Gasteiger partial charge in [-0.3, -0.25) is 9.97 Å². The van der Waals surface area contributed by atoms with Gasteiger partial charge in [-0.15, -0.1) is 0 Å². The number of aromatic nitrogens is 3. The largest absolute Gasteiger partial charge is 0.352 e. The van der Waals surface area contributed by atoms with Gasteiger partial charge >= 0.3 is 0 Å². The Kier molecular flexibility index (Phi) is 6.00. The summed E-state index contributed by atoms with van der Waals surface area (Å²) >= 11 is 9.56. The molecular weight excluding hydrogens is 494 g/mol. The first-order chi connectivity index (χ1) is 16.0. The number of thiocarbonyl (C=S) groups is 1. The molecule has 4 aromatic rings. The van der Waals surface area contributed by atoms with E-state index >= 15 is 0 Å². The van der Waals surface area contributed by atoms with Crippen molar-refractivity contribution in [3.63, 3.8) is 0 Å². The fraction of sp³-hybridized carbons (Fsp3) is 0.192. The minimum atomic E-state index is -0.0597. The van der Waals surface area contributed by atoms with Crippen molar-refractivity contribution in [2.45, 2.75) is 32.5 Å². The number of nitrogens with zero attached hydrogens (tertiary/aromatic N) is 4. The van der Waals surface area contributed by atoms with Crippen LogP contribution in [0.4, 0.5) is 0 Å². The van der Waals surface area contributed by atoms with Crippen LogP contribution in [0, 0.1) is 13.8 Å². The Morgan fingerprint density at radius 2 is 1.70 bits per heavy atom. The highest BCUT2D eigenvalue weighted by atomic mass is 79.9. The number of aryl methyl sites for hydroxylation is 1. The predicted molar refractivity (Wildman–Crippen MR) is 138 cm³/mol. The lowest BCUT2D eigenvalue weighted by molar-refractivity contribution is 0.307. The molecule has 1 aliphatic rings. The fourth-order valence-corrected chi connectivity index (χ4v) is 5.44. The van der Waals surface area contributed by atoms with E-state index in [1.165, 1.54) is 17.0 Å². The van der Waals surface area contributed by atoms with Crippen molar-refractivity contribution in [1.82, 2.24) is 24.8 Å². The monoisotopic (exact) mass is 517 g/mol. The summed E-state index contributed by atoms with van der Waals surface area (Å²) in [6, 6.07) is 22.5. The van der Waals surface area contributed by atoms with Gasteiger partial charge in [0.1, 0.15) is 0 Å². The van der Waals surface area contributed by atoms with Crippen LogP contribution in [-0.4, -0.2) is 24.5 Å². The zero-order chi connectivity index (χ0) is 22.9. The third-order valence-corrected chi connectivity index (χ3v) is 7.16. The molecule has 7 heteroatoms. The summed E-state index contributed by atoms with van der Waals surface area (Å²) in [5.41, 5.74) is 6.65. The Morgan fingerprint density at radius 1 is 0.970 bits per heavy atom. The van der Waals surface area contributed by atoms with Crippen molar-refractivity contribution in [1.29, 1.82) is 0 Å². The number of para-hydroxylation sites is 1. The van der Waals surface area contributed by atoms with E-state index in [-0.39, 0.29) is 12.1 Å². The third kappa shape index (κ3) is 4.07. The normalized spacial score (nSPS) is 17.9. The summed E-state index contributed by atoms with van der Waals surface area (Å²) < 4.78 is 3.36. The summed E-state index contributed by atoms with van der Waals surface area (Å²) in [6.07, 6.45) is 3.66. The molecule has 2 atom stereocenters. The number of benzene rings is 1. The van der Waals surface area contributed by atoms with Gasteiger partial charge in [0.05, 0.1) is 35.7 Å². The van der Waals surface area contributed by atoms with Crippen LogP contribution in [0.15, 0.2) is 83.6 Å². The van der Waals surface area contributed by atoms with Gasteiger partial charge in [-0.2, -0.15) is 0 Å². The summed E-state index contributed by atoms with van der Waals surface area (Å²) in [5.74, 6) is 0. The topological polar surface area (TPSA) is 46.0 Å². The van der Waals surface area contributed by atoms with Gasteiger partial charge in [-0.05, 0) is 90.0 Å². The Morgan fingerprint density at radius 3 is 2.39 bits per heavy atom. The van der Waals surface area contributed by atoms with Crippen molar-refractivity contribution in [2.24, 2.45) is 0 Å². The molecule has 5 rings (SSSR count). The quantitative estimate of drug-likeness (QED) is 0.338. The highest BCUT2D eigenvalue weighted by Crippen LogP contribution is 2.42.